The number of carbonyl (C=O) groups is 1. The molecule has 0 heterocycles. The molecule has 0 aliphatic carbocycles. The van der Waals surface area contributed by atoms with E-state index in [2.05, 4.69) is 14.8 Å². The molecular formula is C13H15N3O4. The van der Waals surface area contributed by atoms with Crippen LogP contribution in [0.5, 0.6) is 5.75 Å². The molecule has 0 amide bonds. The van der Waals surface area contributed by atoms with E-state index < -0.39 is 5.97 Å². The number of hydrogen-bond donors (Lipinski definition) is 0. The Bertz CT molecular complexity index is 545. The SMILES string of the molecule is CCOC(=O)C(=[N+]=[N-])/C(=N/OC)c1ccc(OC)cc1. The highest BCUT2D eigenvalue weighted by atomic mass is 16.6. The number of hydrogen-bond acceptors (Lipinski definition) is 5. The molecule has 0 saturated heterocycles. The molecule has 1 rings (SSSR count). The summed E-state index contributed by atoms with van der Waals surface area (Å²) in [5.41, 5.74) is 9.26. The van der Waals surface area contributed by atoms with Crippen LogP contribution in [-0.4, -0.2) is 43.0 Å². The highest BCUT2D eigenvalue weighted by Crippen LogP contribution is 2.13. The van der Waals surface area contributed by atoms with E-state index in [0.29, 0.717) is 11.3 Å². The molecule has 0 bridgehead atoms. The average molecular weight is 277 g/mol. The summed E-state index contributed by atoms with van der Waals surface area (Å²) in [4.78, 5) is 19.3. The van der Waals surface area contributed by atoms with Gasteiger partial charge in [-0.3, -0.25) is 0 Å². The van der Waals surface area contributed by atoms with Gasteiger partial charge in [0.1, 0.15) is 12.9 Å². The molecule has 1 aromatic carbocycles. The van der Waals surface area contributed by atoms with E-state index in [0.717, 1.165) is 0 Å². The van der Waals surface area contributed by atoms with Gasteiger partial charge in [0.15, 0.2) is 0 Å². The Balaban J connectivity index is 3.19. The second-order valence-corrected chi connectivity index (χ2v) is 3.52. The lowest BCUT2D eigenvalue weighted by Gasteiger charge is -2.04. The van der Waals surface area contributed by atoms with E-state index in [1.165, 1.54) is 7.11 Å². The van der Waals surface area contributed by atoms with Crippen molar-refractivity contribution in [3.63, 3.8) is 0 Å². The summed E-state index contributed by atoms with van der Waals surface area (Å²) in [6, 6.07) is 6.67. The number of ether oxygens (including phenoxy) is 2. The molecule has 0 aliphatic rings. The second-order valence-electron chi connectivity index (χ2n) is 3.52. The normalized spacial score (nSPS) is 10.4. The highest BCUT2D eigenvalue weighted by molar-refractivity contribution is 6.67. The first-order valence-corrected chi connectivity index (χ1v) is 5.83. The van der Waals surface area contributed by atoms with Crippen LogP contribution in [0.2, 0.25) is 0 Å². The van der Waals surface area contributed by atoms with Crippen molar-refractivity contribution >= 4 is 17.4 Å². The number of nitrogens with zero attached hydrogens (tertiary/aromatic N) is 3. The molecule has 0 fully saturated rings. The molecule has 7 heteroatoms. The minimum Gasteiger partial charge on any atom is -0.497 e. The van der Waals surface area contributed by atoms with Crippen LogP contribution < -0.4 is 4.74 Å². The third-order valence-electron chi connectivity index (χ3n) is 2.34. The van der Waals surface area contributed by atoms with Crippen molar-refractivity contribution < 1.29 is 23.9 Å². The van der Waals surface area contributed by atoms with Crippen molar-refractivity contribution in [2.75, 3.05) is 20.8 Å². The molecule has 7 nitrogen and oxygen atoms in total. The molecule has 0 saturated carbocycles. The Hall–Kier alpha value is -2.66. The van der Waals surface area contributed by atoms with Gasteiger partial charge in [-0.05, 0) is 31.2 Å². The van der Waals surface area contributed by atoms with E-state index in [1.807, 2.05) is 0 Å². The van der Waals surface area contributed by atoms with Crippen molar-refractivity contribution in [3.8, 4) is 5.75 Å². The topological polar surface area (TPSA) is 93.5 Å². The first-order chi connectivity index (χ1) is 9.67. The van der Waals surface area contributed by atoms with Gasteiger partial charge < -0.3 is 19.8 Å². The summed E-state index contributed by atoms with van der Waals surface area (Å²) in [5, 5.41) is 3.71. The van der Waals surface area contributed by atoms with E-state index in [9.17, 15) is 4.79 Å². The lowest BCUT2D eigenvalue weighted by Crippen LogP contribution is -2.28. The van der Waals surface area contributed by atoms with Gasteiger partial charge in [0.05, 0.1) is 13.7 Å². The molecule has 0 spiro atoms. The van der Waals surface area contributed by atoms with Crippen LogP contribution in [0.4, 0.5) is 0 Å². The second kappa shape index (κ2) is 7.70. The van der Waals surface area contributed by atoms with Gasteiger partial charge in [-0.2, -0.15) is 4.79 Å². The van der Waals surface area contributed by atoms with Crippen LogP contribution in [0.1, 0.15) is 12.5 Å². The molecule has 106 valence electrons. The van der Waals surface area contributed by atoms with Gasteiger partial charge in [-0.25, -0.2) is 4.79 Å². The lowest BCUT2D eigenvalue weighted by molar-refractivity contribution is -0.139. The maximum atomic E-state index is 11.7. The quantitative estimate of drug-likeness (QED) is 0.257. The van der Waals surface area contributed by atoms with E-state index in [-0.39, 0.29) is 18.0 Å². The van der Waals surface area contributed by atoms with Crippen LogP contribution in [-0.2, 0) is 14.4 Å². The minimum absolute atomic E-state index is 0.0658. The average Bonchev–Trinajstić information content (AvgIpc) is 2.47. The fraction of sp³-hybridized carbons (Fsp3) is 0.308. The first-order valence-electron chi connectivity index (χ1n) is 5.83. The zero-order chi connectivity index (χ0) is 15.0. The number of carbonyl (C=O) groups excluding carboxylic acids is 1. The fourth-order valence-corrected chi connectivity index (χ4v) is 1.46. The molecular weight excluding hydrogens is 262 g/mol. The molecule has 1 aromatic rings. The smallest absolute Gasteiger partial charge is 0.428 e. The maximum absolute atomic E-state index is 11.7. The molecule has 0 N–H and O–H groups in total. The molecule has 0 atom stereocenters. The number of oxime groups is 1. The van der Waals surface area contributed by atoms with Gasteiger partial charge in [0, 0.05) is 5.56 Å². The van der Waals surface area contributed by atoms with Crippen molar-refractivity contribution in [1.29, 1.82) is 0 Å². The van der Waals surface area contributed by atoms with Crippen molar-refractivity contribution in [1.82, 2.24) is 0 Å². The molecule has 0 unspecified atom stereocenters. The lowest BCUT2D eigenvalue weighted by atomic mass is 10.1. The summed E-state index contributed by atoms with van der Waals surface area (Å²) < 4.78 is 9.84. The molecule has 0 radical (unpaired) electrons. The summed E-state index contributed by atoms with van der Waals surface area (Å²) in [6.45, 7) is 1.80. The van der Waals surface area contributed by atoms with Crippen LogP contribution in [0, 0.1) is 0 Å². The predicted molar refractivity (Wildman–Crippen MR) is 71.8 cm³/mol. The predicted octanol–water partition coefficient (Wildman–Crippen LogP) is 1.28. The third kappa shape index (κ3) is 3.66. The van der Waals surface area contributed by atoms with Crippen LogP contribution in [0.25, 0.3) is 5.53 Å². The molecule has 20 heavy (non-hydrogen) atoms. The summed E-state index contributed by atoms with van der Waals surface area (Å²) in [7, 11) is 2.86. The highest BCUT2D eigenvalue weighted by Gasteiger charge is 2.31. The Morgan fingerprint density at radius 1 is 1.30 bits per heavy atom. The fourth-order valence-electron chi connectivity index (χ4n) is 1.46. The largest absolute Gasteiger partial charge is 0.497 e. The van der Waals surface area contributed by atoms with Gasteiger partial charge in [0.2, 0.25) is 5.71 Å². The molecule has 0 aromatic heterocycles. The summed E-state index contributed by atoms with van der Waals surface area (Å²) >= 11 is 0. The van der Waals surface area contributed by atoms with Crippen molar-refractivity contribution in [2.45, 2.75) is 6.92 Å². The Kier molecular flexibility index (Phi) is 5.93. The summed E-state index contributed by atoms with van der Waals surface area (Å²) in [5.74, 6) is -0.147. The standard InChI is InChI=1S/C13H15N3O4/c1-4-20-13(17)12(15-14)11(16-19-3)9-5-7-10(18-2)8-6-9/h5-8H,4H2,1-3H3/b16-11+. The van der Waals surface area contributed by atoms with Gasteiger partial charge in [-0.15, -0.1) is 0 Å². The number of benzene rings is 1. The van der Waals surface area contributed by atoms with Crippen LogP contribution in [0.15, 0.2) is 29.4 Å². The van der Waals surface area contributed by atoms with Crippen LogP contribution in [0.3, 0.4) is 0 Å². The Labute approximate surface area is 116 Å². The van der Waals surface area contributed by atoms with Crippen molar-refractivity contribution in [2.24, 2.45) is 5.16 Å². The van der Waals surface area contributed by atoms with Gasteiger partial charge in [-0.1, -0.05) is 5.16 Å². The minimum atomic E-state index is -0.790. The first kappa shape index (κ1) is 15.4. The van der Waals surface area contributed by atoms with E-state index in [1.54, 1.807) is 38.3 Å². The Morgan fingerprint density at radius 2 is 1.95 bits per heavy atom. The zero-order valence-electron chi connectivity index (χ0n) is 11.5. The third-order valence-corrected chi connectivity index (χ3v) is 2.34. The Morgan fingerprint density at radius 3 is 2.40 bits per heavy atom. The monoisotopic (exact) mass is 277 g/mol. The van der Waals surface area contributed by atoms with Gasteiger partial charge in [0.25, 0.3) is 0 Å². The maximum Gasteiger partial charge on any atom is 0.428 e. The van der Waals surface area contributed by atoms with Crippen molar-refractivity contribution in [3.05, 3.63) is 35.4 Å². The van der Waals surface area contributed by atoms with E-state index in [4.69, 9.17) is 15.0 Å². The zero-order valence-corrected chi connectivity index (χ0v) is 11.5. The number of methoxy groups -OCH3 is 1. The summed E-state index contributed by atoms with van der Waals surface area (Å²) in [6.07, 6.45) is 0. The van der Waals surface area contributed by atoms with Gasteiger partial charge >= 0.3 is 11.7 Å². The van der Waals surface area contributed by atoms with E-state index >= 15 is 0 Å². The molecule has 0 aliphatic heterocycles. The number of rotatable bonds is 6. The number of esters is 1. The van der Waals surface area contributed by atoms with Crippen LogP contribution >= 0.6 is 0 Å².